The fourth-order valence-electron chi connectivity index (χ4n) is 3.02. The van der Waals surface area contributed by atoms with Crippen LogP contribution in [0.2, 0.25) is 0 Å². The second-order valence-corrected chi connectivity index (χ2v) is 7.70. The van der Waals surface area contributed by atoms with Gasteiger partial charge in [0.25, 0.3) is 0 Å². The molecule has 1 aliphatic carbocycles. The topological polar surface area (TPSA) is 84.9 Å². The zero-order chi connectivity index (χ0) is 19.2. The van der Waals surface area contributed by atoms with E-state index in [4.69, 9.17) is 9.47 Å². The van der Waals surface area contributed by atoms with Gasteiger partial charge in [0, 0.05) is 13.0 Å². The minimum Gasteiger partial charge on any atom is -0.508 e. The molecule has 0 heterocycles. The summed E-state index contributed by atoms with van der Waals surface area (Å²) in [5.74, 6) is -0.155. The van der Waals surface area contributed by atoms with Crippen LogP contribution in [-0.4, -0.2) is 28.9 Å². The number of rotatable bonds is 6. The van der Waals surface area contributed by atoms with Crippen molar-refractivity contribution >= 4 is 12.1 Å². The number of hydrogen-bond donors (Lipinski definition) is 2. The van der Waals surface area contributed by atoms with Gasteiger partial charge in [0.2, 0.25) is 0 Å². The molecule has 144 valence electrons. The molecule has 2 rings (SSSR count). The second-order valence-electron chi connectivity index (χ2n) is 7.70. The molecule has 0 aliphatic heterocycles. The number of amides is 1. The first-order valence-electron chi connectivity index (χ1n) is 9.20. The van der Waals surface area contributed by atoms with Crippen molar-refractivity contribution in [2.45, 2.75) is 77.5 Å². The highest BCUT2D eigenvalue weighted by molar-refractivity contribution is 5.70. The van der Waals surface area contributed by atoms with Gasteiger partial charge in [-0.05, 0) is 76.1 Å². The van der Waals surface area contributed by atoms with Crippen LogP contribution >= 0.6 is 0 Å². The van der Waals surface area contributed by atoms with Gasteiger partial charge in [-0.2, -0.15) is 0 Å². The number of benzene rings is 1. The molecule has 1 fully saturated rings. The van der Waals surface area contributed by atoms with Crippen LogP contribution < -0.4 is 5.32 Å². The Morgan fingerprint density at radius 2 is 1.88 bits per heavy atom. The van der Waals surface area contributed by atoms with E-state index in [-0.39, 0.29) is 30.8 Å². The molecule has 2 N–H and O–H groups in total. The first kappa shape index (κ1) is 20.1. The summed E-state index contributed by atoms with van der Waals surface area (Å²) < 4.78 is 10.7. The van der Waals surface area contributed by atoms with Crippen LogP contribution in [-0.2, 0) is 27.2 Å². The summed E-state index contributed by atoms with van der Waals surface area (Å²) in [6, 6.07) is 4.93. The molecule has 0 atom stereocenters. The highest BCUT2D eigenvalue weighted by atomic mass is 16.6. The van der Waals surface area contributed by atoms with E-state index in [0.29, 0.717) is 6.42 Å². The van der Waals surface area contributed by atoms with Gasteiger partial charge >= 0.3 is 12.1 Å². The normalized spacial score (nSPS) is 14.9. The van der Waals surface area contributed by atoms with E-state index in [0.717, 1.165) is 36.8 Å². The predicted molar refractivity (Wildman–Crippen MR) is 97.8 cm³/mol. The molecular weight excluding hydrogens is 334 g/mol. The SMILES string of the molecule is CC(C)(C)OC(=O)CCc1ccc(O)cc1CNC(=O)OC1CCCC1. The Balaban J connectivity index is 1.89. The Hall–Kier alpha value is -2.24. The van der Waals surface area contributed by atoms with Crippen LogP contribution in [0.4, 0.5) is 4.79 Å². The first-order valence-corrected chi connectivity index (χ1v) is 9.20. The van der Waals surface area contributed by atoms with E-state index in [1.165, 1.54) is 0 Å². The lowest BCUT2D eigenvalue weighted by atomic mass is 10.0. The van der Waals surface area contributed by atoms with Crippen LogP contribution in [0.25, 0.3) is 0 Å². The number of hydrogen-bond acceptors (Lipinski definition) is 5. The Morgan fingerprint density at radius 1 is 1.19 bits per heavy atom. The Morgan fingerprint density at radius 3 is 2.54 bits per heavy atom. The first-order chi connectivity index (χ1) is 12.2. The van der Waals surface area contributed by atoms with E-state index in [1.807, 2.05) is 20.8 Å². The number of nitrogens with one attached hydrogen (secondary N) is 1. The van der Waals surface area contributed by atoms with Gasteiger partial charge in [-0.15, -0.1) is 0 Å². The van der Waals surface area contributed by atoms with Gasteiger partial charge < -0.3 is 19.9 Å². The number of phenolic OH excluding ortho intramolecular Hbond substituents is 1. The highest BCUT2D eigenvalue weighted by Crippen LogP contribution is 2.22. The van der Waals surface area contributed by atoms with Crippen molar-refractivity contribution in [2.75, 3.05) is 0 Å². The molecule has 0 unspecified atom stereocenters. The van der Waals surface area contributed by atoms with Crippen LogP contribution in [0.3, 0.4) is 0 Å². The van der Waals surface area contributed by atoms with Gasteiger partial charge in [-0.1, -0.05) is 6.07 Å². The van der Waals surface area contributed by atoms with Crippen LogP contribution in [0, 0.1) is 0 Å². The van der Waals surface area contributed by atoms with Crippen LogP contribution in [0.5, 0.6) is 5.75 Å². The lowest BCUT2D eigenvalue weighted by molar-refractivity contribution is -0.154. The molecule has 0 saturated heterocycles. The number of ether oxygens (including phenoxy) is 2. The molecule has 1 aliphatic rings. The Bertz CT molecular complexity index is 630. The van der Waals surface area contributed by atoms with E-state index in [1.54, 1.807) is 18.2 Å². The molecule has 1 saturated carbocycles. The number of aromatic hydroxyl groups is 1. The molecule has 1 amide bonds. The predicted octanol–water partition coefficient (Wildman–Crippen LogP) is 3.84. The molecule has 0 radical (unpaired) electrons. The lowest BCUT2D eigenvalue weighted by Crippen LogP contribution is -2.28. The quantitative estimate of drug-likeness (QED) is 0.750. The zero-order valence-electron chi connectivity index (χ0n) is 15.8. The average molecular weight is 363 g/mol. The summed E-state index contributed by atoms with van der Waals surface area (Å²) >= 11 is 0. The third-order valence-corrected chi connectivity index (χ3v) is 4.21. The number of carbonyl (C=O) groups excluding carboxylic acids is 2. The number of aryl methyl sites for hydroxylation is 1. The minimum absolute atomic E-state index is 0.00538. The monoisotopic (exact) mass is 363 g/mol. The number of phenols is 1. The molecule has 0 aromatic heterocycles. The highest BCUT2D eigenvalue weighted by Gasteiger charge is 2.20. The molecule has 26 heavy (non-hydrogen) atoms. The molecule has 6 nitrogen and oxygen atoms in total. The maximum absolute atomic E-state index is 11.9. The van der Waals surface area contributed by atoms with Crippen LogP contribution in [0.1, 0.15) is 64.0 Å². The largest absolute Gasteiger partial charge is 0.508 e. The lowest BCUT2D eigenvalue weighted by Gasteiger charge is -2.19. The summed E-state index contributed by atoms with van der Waals surface area (Å²) in [5, 5.41) is 12.5. The van der Waals surface area contributed by atoms with Gasteiger partial charge in [0.05, 0.1) is 0 Å². The van der Waals surface area contributed by atoms with Crippen molar-refractivity contribution < 1.29 is 24.2 Å². The maximum atomic E-state index is 11.9. The summed E-state index contributed by atoms with van der Waals surface area (Å²) in [6.45, 7) is 5.73. The molecule has 1 aromatic rings. The van der Waals surface area contributed by atoms with Crippen molar-refractivity contribution in [3.8, 4) is 5.75 Å². The third kappa shape index (κ3) is 6.94. The van der Waals surface area contributed by atoms with E-state index in [2.05, 4.69) is 5.32 Å². The number of alkyl carbamates (subject to hydrolysis) is 1. The van der Waals surface area contributed by atoms with Crippen LogP contribution in [0.15, 0.2) is 18.2 Å². The fourth-order valence-corrected chi connectivity index (χ4v) is 3.02. The Labute approximate surface area is 154 Å². The van der Waals surface area contributed by atoms with Crippen molar-refractivity contribution in [3.63, 3.8) is 0 Å². The number of carbonyl (C=O) groups is 2. The summed E-state index contributed by atoms with van der Waals surface area (Å²) in [7, 11) is 0. The van der Waals surface area contributed by atoms with Crippen molar-refractivity contribution in [1.82, 2.24) is 5.32 Å². The summed E-state index contributed by atoms with van der Waals surface area (Å²) in [5.41, 5.74) is 1.13. The van der Waals surface area contributed by atoms with Crippen molar-refractivity contribution in [1.29, 1.82) is 0 Å². The van der Waals surface area contributed by atoms with Gasteiger partial charge in [0.15, 0.2) is 0 Å². The molecule has 1 aromatic carbocycles. The Kier molecular flexibility index (Phi) is 6.89. The fraction of sp³-hybridized carbons (Fsp3) is 0.600. The van der Waals surface area contributed by atoms with E-state index in [9.17, 15) is 14.7 Å². The van der Waals surface area contributed by atoms with Gasteiger partial charge in [0.1, 0.15) is 17.5 Å². The molecule has 0 bridgehead atoms. The third-order valence-electron chi connectivity index (χ3n) is 4.21. The average Bonchev–Trinajstić information content (AvgIpc) is 3.03. The molecule has 0 spiro atoms. The zero-order valence-corrected chi connectivity index (χ0v) is 15.8. The smallest absolute Gasteiger partial charge is 0.407 e. The summed E-state index contributed by atoms with van der Waals surface area (Å²) in [6.07, 6.45) is 4.30. The minimum atomic E-state index is -0.513. The van der Waals surface area contributed by atoms with Crippen molar-refractivity contribution in [3.05, 3.63) is 29.3 Å². The van der Waals surface area contributed by atoms with E-state index >= 15 is 0 Å². The molecular formula is C20H29NO5. The standard InChI is InChI=1S/C20H29NO5/c1-20(2,3)26-18(23)11-9-14-8-10-16(22)12-15(14)13-21-19(24)25-17-6-4-5-7-17/h8,10,12,17,22H,4-7,9,11,13H2,1-3H3,(H,21,24). The molecule has 6 heteroatoms. The van der Waals surface area contributed by atoms with E-state index < -0.39 is 11.7 Å². The van der Waals surface area contributed by atoms with Gasteiger partial charge in [-0.25, -0.2) is 4.79 Å². The van der Waals surface area contributed by atoms with Gasteiger partial charge in [-0.3, -0.25) is 4.79 Å². The second kappa shape index (κ2) is 8.92. The number of esters is 1. The summed E-state index contributed by atoms with van der Waals surface area (Å²) in [4.78, 5) is 23.8. The maximum Gasteiger partial charge on any atom is 0.407 e. The van der Waals surface area contributed by atoms with Crippen molar-refractivity contribution in [2.24, 2.45) is 0 Å².